The van der Waals surface area contributed by atoms with Gasteiger partial charge in [0.2, 0.25) is 5.91 Å². The number of likely N-dealkylation sites (tertiary alicyclic amines) is 3. The zero-order valence-electron chi connectivity index (χ0n) is 34.4. The van der Waals surface area contributed by atoms with Gasteiger partial charge in [0.1, 0.15) is 11.1 Å². The summed E-state index contributed by atoms with van der Waals surface area (Å²) in [6, 6.07) is 14.0. The third-order valence-electron chi connectivity index (χ3n) is 13.9. The Labute approximate surface area is 343 Å². The van der Waals surface area contributed by atoms with E-state index in [1.54, 1.807) is 35.2 Å². The summed E-state index contributed by atoms with van der Waals surface area (Å²) in [5, 5.41) is 22.9. The average molecular weight is 823 g/mol. The van der Waals surface area contributed by atoms with Crippen molar-refractivity contribution in [3.63, 3.8) is 0 Å². The number of aliphatic hydroxyl groups is 1. The van der Waals surface area contributed by atoms with E-state index in [9.17, 15) is 28.2 Å². The van der Waals surface area contributed by atoms with Crippen molar-refractivity contribution in [1.82, 2.24) is 24.9 Å². The molecule has 7 rings (SSSR count). The second-order valence-electron chi connectivity index (χ2n) is 18.3. The number of carbonyl (C=O) groups is 2. The highest BCUT2D eigenvalue weighted by atomic mass is 32.2. The lowest BCUT2D eigenvalue weighted by Crippen LogP contribution is -2.59. The Balaban J connectivity index is 0.966. The fourth-order valence-corrected chi connectivity index (χ4v) is 12.2. The topological polar surface area (TPSA) is 137 Å². The van der Waals surface area contributed by atoms with Crippen LogP contribution in [0.2, 0.25) is 0 Å². The molecular formula is C44H63FN6O6S. The first-order valence-electron chi connectivity index (χ1n) is 21.2. The molecule has 4 aliphatic heterocycles. The molecule has 2 aromatic rings. The molecule has 1 saturated carbocycles. The predicted octanol–water partition coefficient (Wildman–Crippen LogP) is 4.30. The van der Waals surface area contributed by atoms with Crippen LogP contribution in [0.4, 0.5) is 14.9 Å². The van der Waals surface area contributed by atoms with Gasteiger partial charge in [0.25, 0.3) is 0 Å². The van der Waals surface area contributed by atoms with Crippen LogP contribution in [-0.2, 0) is 20.0 Å². The number of amides is 2. The molecule has 0 bridgehead atoms. The predicted molar refractivity (Wildman–Crippen MR) is 223 cm³/mol. The number of carbonyl (C=O) groups excluding carboxylic acids is 1. The Morgan fingerprint density at radius 3 is 2.29 bits per heavy atom. The largest absolute Gasteiger partial charge is 0.465 e. The number of carboxylic acid groups (broad SMARTS) is 1. The third kappa shape index (κ3) is 9.41. The van der Waals surface area contributed by atoms with Crippen molar-refractivity contribution in [1.29, 1.82) is 0 Å². The Kier molecular flexibility index (Phi) is 12.9. The monoisotopic (exact) mass is 822 g/mol. The van der Waals surface area contributed by atoms with Gasteiger partial charge in [-0.05, 0) is 126 Å². The van der Waals surface area contributed by atoms with Crippen molar-refractivity contribution in [3.8, 4) is 0 Å². The number of hydrogen-bond donors (Lipinski definition) is 3. The Morgan fingerprint density at radius 1 is 0.966 bits per heavy atom. The van der Waals surface area contributed by atoms with Gasteiger partial charge in [0.15, 0.2) is 9.84 Å². The van der Waals surface area contributed by atoms with Crippen molar-refractivity contribution in [2.75, 3.05) is 91.0 Å². The van der Waals surface area contributed by atoms with Crippen molar-refractivity contribution in [2.45, 2.75) is 79.1 Å². The van der Waals surface area contributed by atoms with Crippen LogP contribution >= 0.6 is 0 Å². The van der Waals surface area contributed by atoms with Gasteiger partial charge in [-0.2, -0.15) is 0 Å². The van der Waals surface area contributed by atoms with Gasteiger partial charge in [0.05, 0.1) is 10.5 Å². The highest BCUT2D eigenvalue weighted by molar-refractivity contribution is 7.92. The maximum Gasteiger partial charge on any atom is 0.404 e. The molecule has 58 heavy (non-hydrogen) atoms. The number of nitrogens with zero attached hydrogens (tertiary/aromatic N) is 5. The number of likely N-dealkylation sites (N-methyl/N-ethyl adjacent to an activating group) is 1. The van der Waals surface area contributed by atoms with E-state index >= 15 is 4.39 Å². The summed E-state index contributed by atoms with van der Waals surface area (Å²) in [6.45, 7) is 9.76. The standard InChI is InChI=1S/C44H63FN6O6S/c1-43(55)18-23-49(24-19-43)31-44(34-7-4-8-35(45)25-34,39-9-5-10-40(39)46-42(53)54)33-16-21-48(22-17-33)26-32-27-50(28-32)36-12-14-37(15-13-36)58(56,57)38-29-51(30-38)41(52)11-6-20-47(2)3/h4,6-8,11-15,25,32-33,38-40,46,55H,5,9-10,16-24,26-31H2,1-3H3,(H,53,54)/b11-6+/t39-,40-,44?/m0/s1. The second kappa shape index (κ2) is 17.6. The maximum absolute atomic E-state index is 15.1. The van der Waals surface area contributed by atoms with Gasteiger partial charge in [0, 0.05) is 88.0 Å². The van der Waals surface area contributed by atoms with Crippen LogP contribution in [-0.4, -0.2) is 153 Å². The summed E-state index contributed by atoms with van der Waals surface area (Å²) in [7, 11) is 0.302. The summed E-state index contributed by atoms with van der Waals surface area (Å²) in [4.78, 5) is 35.5. The molecule has 12 nitrogen and oxygen atoms in total. The molecule has 2 amide bonds. The fraction of sp³-hybridized carbons (Fsp3) is 0.636. The zero-order valence-corrected chi connectivity index (χ0v) is 35.3. The van der Waals surface area contributed by atoms with E-state index in [0.717, 1.165) is 89.2 Å². The minimum absolute atomic E-state index is 0.0269. The van der Waals surface area contributed by atoms with E-state index < -0.39 is 32.2 Å². The van der Waals surface area contributed by atoms with Gasteiger partial charge in [-0.1, -0.05) is 24.6 Å². The molecule has 0 spiro atoms. The number of halogens is 1. The highest BCUT2D eigenvalue weighted by Gasteiger charge is 2.53. The van der Waals surface area contributed by atoms with E-state index in [2.05, 4.69) is 26.1 Å². The van der Waals surface area contributed by atoms with E-state index in [4.69, 9.17) is 0 Å². The number of nitrogens with one attached hydrogen (secondary N) is 1. The molecule has 1 unspecified atom stereocenters. The summed E-state index contributed by atoms with van der Waals surface area (Å²) in [5.74, 6) is 0.317. The maximum atomic E-state index is 15.1. The molecule has 4 heterocycles. The highest BCUT2D eigenvalue weighted by Crippen LogP contribution is 2.51. The summed E-state index contributed by atoms with van der Waals surface area (Å²) >= 11 is 0. The number of rotatable bonds is 14. The van der Waals surface area contributed by atoms with Crippen LogP contribution in [0.5, 0.6) is 0 Å². The molecule has 0 aromatic heterocycles. The number of sulfone groups is 1. The summed E-state index contributed by atoms with van der Waals surface area (Å²) in [5.41, 5.74) is 0.823. The molecule has 3 atom stereocenters. The first kappa shape index (κ1) is 42.6. The third-order valence-corrected chi connectivity index (χ3v) is 16.0. The van der Waals surface area contributed by atoms with E-state index in [0.29, 0.717) is 36.7 Å². The summed E-state index contributed by atoms with van der Waals surface area (Å²) < 4.78 is 41.8. The minimum atomic E-state index is -3.54. The molecule has 0 radical (unpaired) electrons. The second-order valence-corrected chi connectivity index (χ2v) is 20.6. The van der Waals surface area contributed by atoms with Gasteiger partial charge in [-0.15, -0.1) is 0 Å². The van der Waals surface area contributed by atoms with E-state index in [1.165, 1.54) is 12.1 Å². The molecule has 5 fully saturated rings. The SMILES string of the molecule is CN(C)C/C=C/C(=O)N1CC(S(=O)(=O)c2ccc(N3CC(CN4CCC(C(CN5CCC(C)(O)CC5)(c5cccc(F)c5)[C@H]5CCC[C@@H]5NC(=O)O)CC4)C3)cc2)C1. The van der Waals surface area contributed by atoms with Crippen LogP contribution in [0.1, 0.15) is 57.4 Å². The zero-order chi connectivity index (χ0) is 41.2. The summed E-state index contributed by atoms with van der Waals surface area (Å²) in [6.07, 6.45) is 8.09. The minimum Gasteiger partial charge on any atom is -0.465 e. The van der Waals surface area contributed by atoms with Gasteiger partial charge < -0.3 is 40.0 Å². The molecule has 318 valence electrons. The van der Waals surface area contributed by atoms with Crippen LogP contribution in [0.25, 0.3) is 0 Å². The number of hydrogen-bond acceptors (Lipinski definition) is 9. The molecule has 5 aliphatic rings. The first-order valence-corrected chi connectivity index (χ1v) is 22.8. The Morgan fingerprint density at radius 2 is 1.66 bits per heavy atom. The molecule has 14 heteroatoms. The quantitative estimate of drug-likeness (QED) is 0.237. The average Bonchev–Trinajstić information content (AvgIpc) is 3.60. The van der Waals surface area contributed by atoms with Crippen LogP contribution in [0.3, 0.4) is 0 Å². The number of benzene rings is 2. The van der Waals surface area contributed by atoms with Crippen molar-refractivity contribution < 1.29 is 32.6 Å². The Bertz CT molecular complexity index is 1880. The van der Waals surface area contributed by atoms with Crippen LogP contribution in [0.15, 0.2) is 65.6 Å². The lowest BCUT2D eigenvalue weighted by Gasteiger charge is -2.53. The normalized spacial score (nSPS) is 25.1. The lowest BCUT2D eigenvalue weighted by molar-refractivity contribution is -0.129. The van der Waals surface area contributed by atoms with E-state index in [-0.39, 0.29) is 42.7 Å². The van der Waals surface area contributed by atoms with Gasteiger partial charge in [-0.3, -0.25) is 4.79 Å². The van der Waals surface area contributed by atoms with Crippen LogP contribution < -0.4 is 10.2 Å². The Hall–Kier alpha value is -3.56. The first-order chi connectivity index (χ1) is 27.6. The van der Waals surface area contributed by atoms with Crippen LogP contribution in [0, 0.1) is 23.6 Å². The smallest absolute Gasteiger partial charge is 0.404 e. The number of piperidine rings is 2. The van der Waals surface area contributed by atoms with Crippen molar-refractivity contribution >= 4 is 27.5 Å². The fourth-order valence-electron chi connectivity index (χ4n) is 10.6. The van der Waals surface area contributed by atoms with Crippen molar-refractivity contribution in [3.05, 3.63) is 72.1 Å². The van der Waals surface area contributed by atoms with Gasteiger partial charge in [-0.25, -0.2) is 17.6 Å². The lowest BCUT2D eigenvalue weighted by atomic mass is 9.58. The molecule has 1 aliphatic carbocycles. The number of anilines is 1. The van der Waals surface area contributed by atoms with Gasteiger partial charge >= 0.3 is 6.09 Å². The molecule has 2 aromatic carbocycles. The molecular weight excluding hydrogens is 760 g/mol. The molecule has 3 N–H and O–H groups in total. The van der Waals surface area contributed by atoms with E-state index in [1.807, 2.05) is 38.1 Å². The van der Waals surface area contributed by atoms with Crippen molar-refractivity contribution in [2.24, 2.45) is 17.8 Å². The molecule has 4 saturated heterocycles.